The first-order chi connectivity index (χ1) is 11.4. The van der Waals surface area contributed by atoms with E-state index in [-0.39, 0.29) is 0 Å². The zero-order valence-electron chi connectivity index (χ0n) is 13.0. The molecule has 0 saturated carbocycles. The van der Waals surface area contributed by atoms with Crippen molar-refractivity contribution in [2.45, 2.75) is 25.7 Å². The molecule has 0 radical (unpaired) electrons. The molecule has 1 aromatic carbocycles. The number of aromatic nitrogens is 3. The molecular formula is C18H20N4O. The van der Waals surface area contributed by atoms with E-state index in [2.05, 4.69) is 27.5 Å². The van der Waals surface area contributed by atoms with Crippen LogP contribution in [-0.4, -0.2) is 27.7 Å². The highest BCUT2D eigenvalue weighted by atomic mass is 16.5. The van der Waals surface area contributed by atoms with Crippen LogP contribution in [-0.2, 0) is 0 Å². The molecule has 0 atom stereocenters. The molecule has 5 nitrogen and oxygen atoms in total. The van der Waals surface area contributed by atoms with Crippen LogP contribution in [0.2, 0.25) is 0 Å². The van der Waals surface area contributed by atoms with E-state index in [9.17, 15) is 0 Å². The molecule has 3 heterocycles. The van der Waals surface area contributed by atoms with Crippen LogP contribution < -0.4 is 10.1 Å². The highest BCUT2D eigenvalue weighted by Crippen LogP contribution is 2.25. The molecule has 0 saturated heterocycles. The van der Waals surface area contributed by atoms with Crippen molar-refractivity contribution in [3.05, 3.63) is 42.6 Å². The molecule has 1 aliphatic rings. The third-order valence-electron chi connectivity index (χ3n) is 4.14. The molecule has 4 rings (SSSR count). The van der Waals surface area contributed by atoms with Gasteiger partial charge < -0.3 is 10.1 Å². The highest BCUT2D eigenvalue weighted by molar-refractivity contribution is 5.65. The molecule has 0 fully saturated rings. The van der Waals surface area contributed by atoms with Gasteiger partial charge in [-0.2, -0.15) is 0 Å². The summed E-state index contributed by atoms with van der Waals surface area (Å²) >= 11 is 0. The van der Waals surface area contributed by atoms with Gasteiger partial charge in [-0.25, -0.2) is 9.50 Å². The van der Waals surface area contributed by atoms with Gasteiger partial charge in [0.15, 0.2) is 5.65 Å². The molecule has 0 aliphatic carbocycles. The van der Waals surface area contributed by atoms with Crippen LogP contribution in [0, 0.1) is 0 Å². The predicted octanol–water partition coefficient (Wildman–Crippen LogP) is 3.76. The van der Waals surface area contributed by atoms with Crippen molar-refractivity contribution < 1.29 is 4.74 Å². The zero-order chi connectivity index (χ0) is 15.5. The standard InChI is InChI=1S/C18H20N4O/c1-2-4-11-23-15-7-5-6-14(12-15)16-13-20-18-9-8-17(19-10-3-1)21-22(16)18/h5-9,12-13H,1-4,10-11H2,(H,19,21). The minimum Gasteiger partial charge on any atom is -0.494 e. The zero-order valence-corrected chi connectivity index (χ0v) is 13.0. The van der Waals surface area contributed by atoms with E-state index >= 15 is 0 Å². The molecule has 23 heavy (non-hydrogen) atoms. The van der Waals surface area contributed by atoms with Crippen LogP contribution in [0.3, 0.4) is 0 Å². The Kier molecular flexibility index (Phi) is 3.84. The lowest BCUT2D eigenvalue weighted by Gasteiger charge is -2.08. The molecule has 118 valence electrons. The number of anilines is 1. The number of benzene rings is 1. The second kappa shape index (κ2) is 6.28. The number of imidazole rings is 1. The number of nitrogens with one attached hydrogen (secondary N) is 1. The summed E-state index contributed by atoms with van der Waals surface area (Å²) in [6.07, 6.45) is 6.49. The van der Waals surface area contributed by atoms with Gasteiger partial charge in [-0.3, -0.25) is 0 Å². The number of nitrogens with zero attached hydrogens (tertiary/aromatic N) is 3. The Morgan fingerprint density at radius 3 is 3.00 bits per heavy atom. The fourth-order valence-electron chi connectivity index (χ4n) is 2.90. The summed E-state index contributed by atoms with van der Waals surface area (Å²) in [5, 5.41) is 8.09. The van der Waals surface area contributed by atoms with E-state index in [4.69, 9.17) is 4.74 Å². The second-order valence-electron chi connectivity index (χ2n) is 5.85. The average Bonchev–Trinajstić information content (AvgIpc) is 3.00. The van der Waals surface area contributed by atoms with E-state index in [0.717, 1.165) is 54.5 Å². The summed E-state index contributed by atoms with van der Waals surface area (Å²) in [6.45, 7) is 1.71. The number of hydrogen-bond acceptors (Lipinski definition) is 4. The number of hydrogen-bond donors (Lipinski definition) is 1. The average molecular weight is 308 g/mol. The highest BCUT2D eigenvalue weighted by Gasteiger charge is 2.09. The van der Waals surface area contributed by atoms with Gasteiger partial charge in [0.05, 0.1) is 18.5 Å². The molecule has 2 aromatic heterocycles. The van der Waals surface area contributed by atoms with Crippen LogP contribution in [0.15, 0.2) is 42.6 Å². The Bertz CT molecular complexity index is 812. The third kappa shape index (κ3) is 2.99. The van der Waals surface area contributed by atoms with Crippen LogP contribution >= 0.6 is 0 Å². The largest absolute Gasteiger partial charge is 0.494 e. The van der Waals surface area contributed by atoms with E-state index < -0.39 is 0 Å². The SMILES string of the molecule is c1cc2cc(c1)-c1cnc3ccc(nn13)NCCCCCCO2. The van der Waals surface area contributed by atoms with E-state index in [1.165, 1.54) is 12.8 Å². The summed E-state index contributed by atoms with van der Waals surface area (Å²) in [5.74, 6) is 1.79. The Morgan fingerprint density at radius 1 is 1.04 bits per heavy atom. The van der Waals surface area contributed by atoms with Gasteiger partial charge in [0, 0.05) is 12.1 Å². The smallest absolute Gasteiger partial charge is 0.154 e. The summed E-state index contributed by atoms with van der Waals surface area (Å²) in [4.78, 5) is 4.45. The summed E-state index contributed by atoms with van der Waals surface area (Å²) < 4.78 is 7.77. The molecule has 1 N–H and O–H groups in total. The van der Waals surface area contributed by atoms with Gasteiger partial charge in [0.1, 0.15) is 11.6 Å². The van der Waals surface area contributed by atoms with Crippen LogP contribution in [0.25, 0.3) is 16.9 Å². The summed E-state index contributed by atoms with van der Waals surface area (Å²) in [7, 11) is 0. The third-order valence-corrected chi connectivity index (χ3v) is 4.14. The van der Waals surface area contributed by atoms with Crippen LogP contribution in [0.4, 0.5) is 5.82 Å². The molecule has 0 amide bonds. The van der Waals surface area contributed by atoms with Crippen molar-refractivity contribution in [2.75, 3.05) is 18.5 Å². The van der Waals surface area contributed by atoms with Crippen molar-refractivity contribution in [1.82, 2.24) is 14.6 Å². The molecule has 0 spiro atoms. The Balaban J connectivity index is 1.78. The van der Waals surface area contributed by atoms with Crippen molar-refractivity contribution in [3.8, 4) is 17.0 Å². The maximum Gasteiger partial charge on any atom is 0.154 e. The van der Waals surface area contributed by atoms with Gasteiger partial charge in [-0.05, 0) is 37.1 Å². The first-order valence-corrected chi connectivity index (χ1v) is 8.22. The number of ether oxygens (including phenoxy) is 1. The Morgan fingerprint density at radius 2 is 2.00 bits per heavy atom. The van der Waals surface area contributed by atoms with Gasteiger partial charge >= 0.3 is 0 Å². The lowest BCUT2D eigenvalue weighted by molar-refractivity contribution is 0.305. The fraction of sp³-hybridized carbons (Fsp3) is 0.333. The maximum atomic E-state index is 5.88. The monoisotopic (exact) mass is 308 g/mol. The second-order valence-corrected chi connectivity index (χ2v) is 5.85. The first kappa shape index (κ1) is 14.1. The molecular weight excluding hydrogens is 288 g/mol. The van der Waals surface area contributed by atoms with Crippen molar-refractivity contribution in [3.63, 3.8) is 0 Å². The van der Waals surface area contributed by atoms with Crippen LogP contribution in [0.5, 0.6) is 5.75 Å². The van der Waals surface area contributed by atoms with E-state index in [0.29, 0.717) is 0 Å². The summed E-state index contributed by atoms with van der Waals surface area (Å²) in [5.41, 5.74) is 2.89. The first-order valence-electron chi connectivity index (χ1n) is 8.22. The van der Waals surface area contributed by atoms with Crippen molar-refractivity contribution in [1.29, 1.82) is 0 Å². The van der Waals surface area contributed by atoms with Gasteiger partial charge in [-0.1, -0.05) is 25.0 Å². The van der Waals surface area contributed by atoms with E-state index in [1.54, 1.807) is 0 Å². The molecule has 0 unspecified atom stereocenters. The molecule has 5 heteroatoms. The van der Waals surface area contributed by atoms with Gasteiger partial charge in [0.25, 0.3) is 0 Å². The molecule has 1 aliphatic heterocycles. The number of rotatable bonds is 0. The normalized spacial score (nSPS) is 15.5. The quantitative estimate of drug-likeness (QED) is 0.687. The van der Waals surface area contributed by atoms with Crippen molar-refractivity contribution >= 4 is 11.5 Å². The predicted molar refractivity (Wildman–Crippen MR) is 90.9 cm³/mol. The minimum atomic E-state index is 0.769. The minimum absolute atomic E-state index is 0.769. The number of fused-ring (bicyclic) bond motifs is 4. The van der Waals surface area contributed by atoms with Crippen LogP contribution in [0.1, 0.15) is 25.7 Å². The van der Waals surface area contributed by atoms with Gasteiger partial charge in [0.2, 0.25) is 0 Å². The Hall–Kier alpha value is -2.56. The summed E-state index contributed by atoms with van der Waals surface area (Å²) in [6, 6.07) is 12.1. The van der Waals surface area contributed by atoms with E-state index in [1.807, 2.05) is 35.0 Å². The topological polar surface area (TPSA) is 51.5 Å². The fourth-order valence-corrected chi connectivity index (χ4v) is 2.90. The molecule has 4 bridgehead atoms. The lowest BCUT2D eigenvalue weighted by atomic mass is 10.1. The Labute approximate surface area is 135 Å². The van der Waals surface area contributed by atoms with Gasteiger partial charge in [-0.15, -0.1) is 5.10 Å². The molecule has 3 aromatic rings. The lowest BCUT2D eigenvalue weighted by Crippen LogP contribution is -2.06. The maximum absolute atomic E-state index is 5.88. The van der Waals surface area contributed by atoms with Crippen molar-refractivity contribution in [2.24, 2.45) is 0 Å².